The Kier molecular flexibility index (Phi) is 5.83. The van der Waals surface area contributed by atoms with Gasteiger partial charge in [0.2, 0.25) is 5.12 Å². The molecule has 0 atom stereocenters. The topological polar surface area (TPSA) is 47.9 Å². The summed E-state index contributed by atoms with van der Waals surface area (Å²) in [6, 6.07) is 15.5. The zero-order valence-electron chi connectivity index (χ0n) is 13.9. The number of aliphatic imine (C=N–C) groups is 1. The molecule has 0 spiro atoms. The Morgan fingerprint density at radius 3 is 2.64 bits per heavy atom. The minimum atomic E-state index is -0.0345. The van der Waals surface area contributed by atoms with Gasteiger partial charge in [0.05, 0.1) is 7.11 Å². The van der Waals surface area contributed by atoms with Crippen molar-refractivity contribution in [1.82, 2.24) is 0 Å². The van der Waals surface area contributed by atoms with Crippen molar-refractivity contribution in [1.29, 1.82) is 0 Å². The molecule has 3 rings (SSSR count). The van der Waals surface area contributed by atoms with E-state index in [1.807, 2.05) is 54.8 Å². The number of hydrogen-bond donors (Lipinski definition) is 0. The fourth-order valence-corrected chi connectivity index (χ4v) is 3.53. The number of carbonyl (C=O) groups is 1. The van der Waals surface area contributed by atoms with E-state index in [0.29, 0.717) is 23.8 Å². The maximum Gasteiger partial charge on any atom is 0.244 e. The molecule has 0 saturated heterocycles. The molecule has 0 unspecified atom stereocenters. The molecular formula is C19H17NO3S2. The van der Waals surface area contributed by atoms with Crippen molar-refractivity contribution >= 4 is 39.1 Å². The van der Waals surface area contributed by atoms with Gasteiger partial charge in [-0.05, 0) is 47.4 Å². The van der Waals surface area contributed by atoms with Gasteiger partial charge in [0, 0.05) is 0 Å². The summed E-state index contributed by atoms with van der Waals surface area (Å²) in [6.45, 7) is 0.466. The van der Waals surface area contributed by atoms with Crippen molar-refractivity contribution in [2.24, 2.45) is 4.99 Å². The van der Waals surface area contributed by atoms with Crippen LogP contribution in [0.3, 0.4) is 0 Å². The summed E-state index contributed by atoms with van der Waals surface area (Å²) < 4.78 is 12.0. The van der Waals surface area contributed by atoms with Gasteiger partial charge in [-0.3, -0.25) is 4.79 Å². The molecular weight excluding hydrogens is 354 g/mol. The monoisotopic (exact) mass is 371 g/mol. The summed E-state index contributed by atoms with van der Waals surface area (Å²) >= 11 is 2.63. The molecule has 0 amide bonds. The number of rotatable bonds is 5. The molecule has 25 heavy (non-hydrogen) atoms. The van der Waals surface area contributed by atoms with Crippen molar-refractivity contribution in [2.75, 3.05) is 13.4 Å². The number of thioether (sulfide) groups is 2. The van der Waals surface area contributed by atoms with Crippen molar-refractivity contribution in [3.63, 3.8) is 0 Å². The Morgan fingerprint density at radius 1 is 1.16 bits per heavy atom. The van der Waals surface area contributed by atoms with Gasteiger partial charge in [0.1, 0.15) is 16.7 Å². The molecule has 0 radical (unpaired) electrons. The van der Waals surface area contributed by atoms with Crippen LogP contribution in [0.2, 0.25) is 0 Å². The van der Waals surface area contributed by atoms with E-state index in [-0.39, 0.29) is 5.12 Å². The predicted octanol–water partition coefficient (Wildman–Crippen LogP) is 4.61. The van der Waals surface area contributed by atoms with Gasteiger partial charge in [-0.2, -0.15) is 0 Å². The minimum Gasteiger partial charge on any atom is -0.493 e. The zero-order valence-corrected chi connectivity index (χ0v) is 15.5. The van der Waals surface area contributed by atoms with E-state index in [1.165, 1.54) is 11.8 Å². The quantitative estimate of drug-likeness (QED) is 0.719. The lowest BCUT2D eigenvalue weighted by Crippen LogP contribution is -1.98. The van der Waals surface area contributed by atoms with Crippen molar-refractivity contribution in [3.8, 4) is 11.5 Å². The molecule has 0 N–H and O–H groups in total. The van der Waals surface area contributed by atoms with Crippen molar-refractivity contribution in [3.05, 3.63) is 65.4 Å². The Morgan fingerprint density at radius 2 is 1.96 bits per heavy atom. The third-order valence-corrected chi connectivity index (χ3v) is 5.35. The molecule has 1 aliphatic rings. The highest BCUT2D eigenvalue weighted by Crippen LogP contribution is 2.33. The molecule has 1 aliphatic heterocycles. The van der Waals surface area contributed by atoms with Gasteiger partial charge >= 0.3 is 0 Å². The number of ether oxygens (including phenoxy) is 2. The van der Waals surface area contributed by atoms with Crippen LogP contribution in [0.4, 0.5) is 0 Å². The van der Waals surface area contributed by atoms with Crippen molar-refractivity contribution in [2.45, 2.75) is 6.61 Å². The lowest BCUT2D eigenvalue weighted by atomic mass is 10.1. The number of hydrogen-bond acceptors (Lipinski definition) is 6. The lowest BCUT2D eigenvalue weighted by Gasteiger charge is -2.11. The first-order valence-electron chi connectivity index (χ1n) is 7.61. The number of nitrogens with zero attached hydrogens (tertiary/aromatic N) is 1. The highest BCUT2D eigenvalue weighted by atomic mass is 32.2. The molecule has 0 fully saturated rings. The molecule has 6 heteroatoms. The predicted molar refractivity (Wildman–Crippen MR) is 105 cm³/mol. The average Bonchev–Trinajstić information content (AvgIpc) is 3.01. The molecule has 2 aromatic carbocycles. The van der Waals surface area contributed by atoms with Crippen LogP contribution in [0.25, 0.3) is 6.08 Å². The Hall–Kier alpha value is -2.18. The summed E-state index contributed by atoms with van der Waals surface area (Å²) in [4.78, 5) is 16.3. The molecule has 1 heterocycles. The van der Waals surface area contributed by atoms with Crippen LogP contribution in [0.5, 0.6) is 11.5 Å². The molecule has 128 valence electrons. The Balaban J connectivity index is 1.78. The average molecular weight is 371 g/mol. The first-order chi connectivity index (χ1) is 12.2. The smallest absolute Gasteiger partial charge is 0.244 e. The standard InChI is InChI=1S/C19H17NO3S2/c1-22-17-11-14(10-15-18(21)25-19(20-15)24-2)8-9-16(17)23-12-13-6-4-3-5-7-13/h3-11H,12H2,1-2H3/b15-10-. The lowest BCUT2D eigenvalue weighted by molar-refractivity contribution is -0.107. The maximum absolute atomic E-state index is 11.9. The highest BCUT2D eigenvalue weighted by Gasteiger charge is 2.21. The Labute approximate surface area is 155 Å². The summed E-state index contributed by atoms with van der Waals surface area (Å²) in [5.41, 5.74) is 2.39. The maximum atomic E-state index is 11.9. The van der Waals surface area contributed by atoms with Crippen LogP contribution in [0, 0.1) is 0 Å². The van der Waals surface area contributed by atoms with Gasteiger partial charge in [-0.15, -0.1) is 11.8 Å². The number of carbonyl (C=O) groups excluding carboxylic acids is 1. The number of methoxy groups -OCH3 is 1. The van der Waals surface area contributed by atoms with Gasteiger partial charge in [0.15, 0.2) is 11.5 Å². The second-order valence-corrected chi connectivity index (χ2v) is 7.20. The molecule has 4 nitrogen and oxygen atoms in total. The molecule has 0 aliphatic carbocycles. The summed E-state index contributed by atoms with van der Waals surface area (Å²) in [5.74, 6) is 1.28. The number of benzene rings is 2. The van der Waals surface area contributed by atoms with Crippen LogP contribution in [-0.2, 0) is 11.4 Å². The van der Waals surface area contributed by atoms with Crippen molar-refractivity contribution < 1.29 is 14.3 Å². The van der Waals surface area contributed by atoms with Gasteiger partial charge in [-0.25, -0.2) is 4.99 Å². The van der Waals surface area contributed by atoms with E-state index in [0.717, 1.165) is 27.3 Å². The third kappa shape index (κ3) is 4.46. The second kappa shape index (κ2) is 8.27. The van der Waals surface area contributed by atoms with E-state index >= 15 is 0 Å². The van der Waals surface area contributed by atoms with Gasteiger partial charge in [0.25, 0.3) is 0 Å². The summed E-state index contributed by atoms with van der Waals surface area (Å²) in [6.07, 6.45) is 3.67. The van der Waals surface area contributed by atoms with Crippen LogP contribution >= 0.6 is 23.5 Å². The van der Waals surface area contributed by atoms with E-state index in [4.69, 9.17) is 9.47 Å². The molecule has 0 saturated carbocycles. The van der Waals surface area contributed by atoms with E-state index < -0.39 is 0 Å². The Bertz CT molecular complexity index is 832. The van der Waals surface area contributed by atoms with E-state index in [1.54, 1.807) is 13.2 Å². The largest absolute Gasteiger partial charge is 0.493 e. The van der Waals surface area contributed by atoms with Crippen LogP contribution in [0.1, 0.15) is 11.1 Å². The molecule has 2 aromatic rings. The van der Waals surface area contributed by atoms with Gasteiger partial charge in [-0.1, -0.05) is 36.4 Å². The first kappa shape index (κ1) is 17.6. The van der Waals surface area contributed by atoms with E-state index in [2.05, 4.69) is 4.99 Å². The second-order valence-electron chi connectivity index (χ2n) is 5.19. The molecule has 0 aromatic heterocycles. The third-order valence-electron chi connectivity index (χ3n) is 3.50. The highest BCUT2D eigenvalue weighted by molar-refractivity contribution is 8.45. The molecule has 0 bridgehead atoms. The van der Waals surface area contributed by atoms with Crippen LogP contribution < -0.4 is 9.47 Å². The minimum absolute atomic E-state index is 0.0345. The SMILES string of the molecule is COc1cc(/C=C2\N=C(SC)SC2=O)ccc1OCc1ccccc1. The zero-order chi connectivity index (χ0) is 17.6. The fraction of sp³-hybridized carbons (Fsp3) is 0.158. The van der Waals surface area contributed by atoms with E-state index in [9.17, 15) is 4.79 Å². The summed E-state index contributed by atoms with van der Waals surface area (Å²) in [7, 11) is 1.60. The summed E-state index contributed by atoms with van der Waals surface area (Å²) in [5, 5.41) is -0.0345. The first-order valence-corrected chi connectivity index (χ1v) is 9.65. The fourth-order valence-electron chi connectivity index (χ4n) is 2.26. The van der Waals surface area contributed by atoms with Crippen LogP contribution in [-0.4, -0.2) is 22.9 Å². The normalized spacial score (nSPS) is 15.4. The van der Waals surface area contributed by atoms with Crippen LogP contribution in [0.15, 0.2) is 59.2 Å². The van der Waals surface area contributed by atoms with Gasteiger partial charge < -0.3 is 9.47 Å².